The fourth-order valence-corrected chi connectivity index (χ4v) is 0.944. The summed E-state index contributed by atoms with van der Waals surface area (Å²) in [5.74, 6) is 0.650. The van der Waals surface area contributed by atoms with Gasteiger partial charge in [-0.05, 0) is 5.92 Å². The van der Waals surface area contributed by atoms with Crippen molar-refractivity contribution in [3.63, 3.8) is 0 Å². The molecular formula is C10H16N2O3. The summed E-state index contributed by atoms with van der Waals surface area (Å²) in [7, 11) is 0. The van der Waals surface area contributed by atoms with Gasteiger partial charge in [-0.2, -0.15) is 0 Å². The van der Waals surface area contributed by atoms with Crippen LogP contribution in [0.15, 0.2) is 12.4 Å². The van der Waals surface area contributed by atoms with Crippen LogP contribution < -0.4 is 4.74 Å². The molecule has 5 heteroatoms. The first kappa shape index (κ1) is 11.9. The fourth-order valence-electron chi connectivity index (χ4n) is 0.944. The lowest BCUT2D eigenvalue weighted by molar-refractivity contribution is 0.0519. The zero-order chi connectivity index (χ0) is 11.3. The van der Waals surface area contributed by atoms with Gasteiger partial charge in [0.2, 0.25) is 5.88 Å². The molecule has 1 heterocycles. The zero-order valence-corrected chi connectivity index (χ0v) is 8.92. The molecule has 0 fully saturated rings. The average molecular weight is 212 g/mol. The smallest absolute Gasteiger partial charge is 0.232 e. The lowest BCUT2D eigenvalue weighted by atomic mass is 10.1. The van der Waals surface area contributed by atoms with Crippen molar-refractivity contribution in [1.29, 1.82) is 0 Å². The largest absolute Gasteiger partial charge is 0.474 e. The number of nitrogens with zero attached hydrogens (tertiary/aromatic N) is 2. The van der Waals surface area contributed by atoms with Crippen LogP contribution in [-0.4, -0.2) is 39.5 Å². The van der Waals surface area contributed by atoms with Gasteiger partial charge in [0.25, 0.3) is 0 Å². The summed E-state index contributed by atoms with van der Waals surface area (Å²) in [4.78, 5) is 8.18. The van der Waals surface area contributed by atoms with E-state index in [1.54, 1.807) is 6.20 Å². The number of hydrogen-bond donors (Lipinski definition) is 2. The van der Waals surface area contributed by atoms with Crippen LogP contribution in [0.1, 0.15) is 25.5 Å². The number of aromatic nitrogens is 2. The Morgan fingerprint density at radius 2 is 2.13 bits per heavy atom. The minimum Gasteiger partial charge on any atom is -0.474 e. The quantitative estimate of drug-likeness (QED) is 0.735. The average Bonchev–Trinajstić information content (AvgIpc) is 2.26. The third kappa shape index (κ3) is 3.81. The van der Waals surface area contributed by atoms with Crippen molar-refractivity contribution in [1.82, 2.24) is 9.97 Å². The Labute approximate surface area is 88.8 Å². The molecule has 0 radical (unpaired) electrons. The van der Waals surface area contributed by atoms with Crippen LogP contribution in [0.2, 0.25) is 0 Å². The molecule has 84 valence electrons. The van der Waals surface area contributed by atoms with E-state index in [1.807, 2.05) is 13.8 Å². The molecule has 0 aliphatic carbocycles. The van der Waals surface area contributed by atoms with Crippen molar-refractivity contribution in [2.24, 2.45) is 0 Å². The third-order valence-electron chi connectivity index (χ3n) is 1.86. The van der Waals surface area contributed by atoms with Gasteiger partial charge in [0, 0.05) is 6.20 Å². The Morgan fingerprint density at radius 3 is 2.73 bits per heavy atom. The molecule has 1 atom stereocenters. The highest BCUT2D eigenvalue weighted by atomic mass is 16.5. The summed E-state index contributed by atoms with van der Waals surface area (Å²) in [6.45, 7) is 3.72. The molecule has 0 aromatic carbocycles. The van der Waals surface area contributed by atoms with E-state index in [4.69, 9.17) is 14.9 Å². The number of aliphatic hydroxyl groups is 2. The van der Waals surface area contributed by atoms with Crippen molar-refractivity contribution >= 4 is 0 Å². The number of ether oxygens (including phenoxy) is 1. The highest BCUT2D eigenvalue weighted by Gasteiger charge is 2.06. The van der Waals surface area contributed by atoms with Crippen molar-refractivity contribution < 1.29 is 14.9 Å². The maximum atomic E-state index is 9.07. The third-order valence-corrected chi connectivity index (χ3v) is 1.86. The van der Waals surface area contributed by atoms with Gasteiger partial charge in [-0.3, -0.25) is 4.98 Å². The topological polar surface area (TPSA) is 75.5 Å². The Hall–Kier alpha value is -1.20. The highest BCUT2D eigenvalue weighted by Crippen LogP contribution is 2.13. The van der Waals surface area contributed by atoms with E-state index in [2.05, 4.69) is 9.97 Å². The number of hydrogen-bond acceptors (Lipinski definition) is 5. The van der Waals surface area contributed by atoms with Crippen LogP contribution >= 0.6 is 0 Å². The second-order valence-electron chi connectivity index (χ2n) is 3.58. The molecule has 0 amide bonds. The van der Waals surface area contributed by atoms with Gasteiger partial charge < -0.3 is 14.9 Å². The van der Waals surface area contributed by atoms with Crippen molar-refractivity contribution in [3.05, 3.63) is 18.1 Å². The van der Waals surface area contributed by atoms with Gasteiger partial charge in [-0.25, -0.2) is 4.98 Å². The molecule has 0 saturated heterocycles. The van der Waals surface area contributed by atoms with E-state index < -0.39 is 6.10 Å². The SMILES string of the molecule is CC(C)c1cncc(OC[C@@H](O)CO)n1. The molecular weight excluding hydrogens is 196 g/mol. The summed E-state index contributed by atoms with van der Waals surface area (Å²) < 4.78 is 5.17. The molecule has 2 N–H and O–H groups in total. The van der Waals surface area contributed by atoms with Gasteiger partial charge in [0.1, 0.15) is 12.7 Å². The van der Waals surface area contributed by atoms with Crippen LogP contribution in [0.25, 0.3) is 0 Å². The molecule has 5 nitrogen and oxygen atoms in total. The minimum absolute atomic E-state index is 0.0206. The van der Waals surface area contributed by atoms with Crippen molar-refractivity contribution in [3.8, 4) is 5.88 Å². The Morgan fingerprint density at radius 1 is 1.40 bits per heavy atom. The first-order chi connectivity index (χ1) is 7.13. The molecule has 0 unspecified atom stereocenters. The molecule has 1 aromatic heterocycles. The van der Waals surface area contributed by atoms with Crippen LogP contribution in [0.4, 0.5) is 0 Å². The van der Waals surface area contributed by atoms with Crippen LogP contribution in [0, 0.1) is 0 Å². The van der Waals surface area contributed by atoms with E-state index in [0.717, 1.165) is 5.69 Å². The predicted molar refractivity (Wildman–Crippen MR) is 54.7 cm³/mol. The first-order valence-corrected chi connectivity index (χ1v) is 4.87. The van der Waals surface area contributed by atoms with Gasteiger partial charge >= 0.3 is 0 Å². The lowest BCUT2D eigenvalue weighted by Crippen LogP contribution is -2.21. The van der Waals surface area contributed by atoms with Crippen LogP contribution in [0.5, 0.6) is 5.88 Å². The molecule has 0 aliphatic rings. The molecule has 0 spiro atoms. The summed E-state index contributed by atoms with van der Waals surface area (Å²) in [6, 6.07) is 0. The van der Waals surface area contributed by atoms with Crippen LogP contribution in [0.3, 0.4) is 0 Å². The van der Waals surface area contributed by atoms with Crippen LogP contribution in [-0.2, 0) is 0 Å². The second-order valence-corrected chi connectivity index (χ2v) is 3.58. The monoisotopic (exact) mass is 212 g/mol. The summed E-state index contributed by atoms with van der Waals surface area (Å²) in [5, 5.41) is 17.7. The van der Waals surface area contributed by atoms with Gasteiger partial charge in [-0.1, -0.05) is 13.8 Å². The van der Waals surface area contributed by atoms with Gasteiger partial charge in [-0.15, -0.1) is 0 Å². The van der Waals surface area contributed by atoms with E-state index in [9.17, 15) is 0 Å². The zero-order valence-electron chi connectivity index (χ0n) is 8.92. The van der Waals surface area contributed by atoms with E-state index in [-0.39, 0.29) is 19.1 Å². The molecule has 0 aliphatic heterocycles. The van der Waals surface area contributed by atoms with E-state index in [0.29, 0.717) is 5.88 Å². The summed E-state index contributed by atoms with van der Waals surface area (Å²) in [5.41, 5.74) is 0.839. The first-order valence-electron chi connectivity index (χ1n) is 4.87. The molecule has 15 heavy (non-hydrogen) atoms. The Kier molecular flexibility index (Phi) is 4.45. The van der Waals surface area contributed by atoms with Gasteiger partial charge in [0.15, 0.2) is 0 Å². The standard InChI is InChI=1S/C10H16N2O3/c1-7(2)9-3-11-4-10(12-9)15-6-8(14)5-13/h3-4,7-8,13-14H,5-6H2,1-2H3/t8-/m0/s1. The normalized spacial score (nSPS) is 12.9. The molecule has 1 rings (SSSR count). The van der Waals surface area contributed by atoms with E-state index >= 15 is 0 Å². The molecule has 0 saturated carbocycles. The maximum absolute atomic E-state index is 9.07. The molecule has 1 aromatic rings. The van der Waals surface area contributed by atoms with Crippen molar-refractivity contribution in [2.45, 2.75) is 25.9 Å². The minimum atomic E-state index is -0.880. The summed E-state index contributed by atoms with van der Waals surface area (Å²) in [6.07, 6.45) is 2.28. The molecule has 0 bridgehead atoms. The van der Waals surface area contributed by atoms with Crippen molar-refractivity contribution in [2.75, 3.05) is 13.2 Å². The fraction of sp³-hybridized carbons (Fsp3) is 0.600. The Bertz CT molecular complexity index is 304. The van der Waals surface area contributed by atoms with Gasteiger partial charge in [0.05, 0.1) is 18.5 Å². The van der Waals surface area contributed by atoms with E-state index in [1.165, 1.54) is 6.20 Å². The highest BCUT2D eigenvalue weighted by molar-refractivity contribution is 5.10. The predicted octanol–water partition coefficient (Wildman–Crippen LogP) is 0.332. The Balaban J connectivity index is 2.58. The second kappa shape index (κ2) is 5.63. The maximum Gasteiger partial charge on any atom is 0.232 e. The lowest BCUT2D eigenvalue weighted by Gasteiger charge is -2.10. The number of aliphatic hydroxyl groups excluding tert-OH is 2. The summed E-state index contributed by atoms with van der Waals surface area (Å²) >= 11 is 0. The number of rotatable bonds is 5.